The van der Waals surface area contributed by atoms with E-state index in [0.717, 1.165) is 5.78 Å². The van der Waals surface area contributed by atoms with Crippen molar-refractivity contribution in [2.24, 2.45) is 11.8 Å². The van der Waals surface area contributed by atoms with Gasteiger partial charge >= 0.3 is 0 Å². The van der Waals surface area contributed by atoms with Gasteiger partial charge < -0.3 is 0 Å². The number of rotatable bonds is 70. The smallest absolute Gasteiger partial charge is 0.139 e. The van der Waals surface area contributed by atoms with Gasteiger partial charge in [0.25, 0.3) is 0 Å². The summed E-state index contributed by atoms with van der Waals surface area (Å²) in [6, 6.07) is 0. The summed E-state index contributed by atoms with van der Waals surface area (Å²) < 4.78 is 0. The van der Waals surface area contributed by atoms with E-state index in [9.17, 15) is 4.79 Å². The van der Waals surface area contributed by atoms with Crippen molar-refractivity contribution in [3.63, 3.8) is 0 Å². The van der Waals surface area contributed by atoms with Gasteiger partial charge in [-0.05, 0) is 25.7 Å². The first-order chi connectivity index (χ1) is 37.7. The minimum Gasteiger partial charge on any atom is -0.299 e. The molecule has 0 aromatic carbocycles. The standard InChI is InChI=1S/C75H150O/c1-5-9-13-17-21-25-29-33-35-37-39-41-43-45-47-51-55-59-63-67-71-73(69-65-61-57-53-49-31-27-23-19-15-11-7-3)75(76)74(70-66-62-58-54-50-32-28-24-20-16-12-8-4)72-68-64-60-56-52-48-46-44-42-40-38-36-34-30-26-22-18-14-10-6-2/h73-74H,5-72H2,1-4H3. The molecular weight excluding hydrogens is 917 g/mol. The van der Waals surface area contributed by atoms with E-state index >= 15 is 0 Å². The number of Topliss-reactive ketones (excluding diaryl/α,β-unsaturated/α-hetero) is 1. The highest BCUT2D eigenvalue weighted by Gasteiger charge is 2.26. The Morgan fingerprint density at radius 1 is 0.158 bits per heavy atom. The fraction of sp³-hybridized carbons (Fsp3) is 0.987. The maximum absolute atomic E-state index is 14.8. The Hall–Kier alpha value is -0.330. The van der Waals surface area contributed by atoms with Gasteiger partial charge in [-0.25, -0.2) is 0 Å². The Balaban J connectivity index is 4.86. The van der Waals surface area contributed by atoms with Crippen LogP contribution in [-0.4, -0.2) is 5.78 Å². The van der Waals surface area contributed by atoms with Crippen LogP contribution in [0.5, 0.6) is 0 Å². The molecule has 1 nitrogen and oxygen atoms in total. The topological polar surface area (TPSA) is 17.1 Å². The number of carbonyl (C=O) groups excluding carboxylic acids is 1. The predicted molar refractivity (Wildman–Crippen MR) is 349 cm³/mol. The zero-order valence-corrected chi connectivity index (χ0v) is 54.1. The molecule has 0 saturated carbocycles. The molecule has 0 aliphatic rings. The third kappa shape index (κ3) is 61.3. The average Bonchev–Trinajstić information content (AvgIpc) is 3.43. The molecule has 0 aliphatic carbocycles. The van der Waals surface area contributed by atoms with Crippen molar-refractivity contribution in [3.8, 4) is 0 Å². The minimum absolute atomic E-state index is 0.339. The maximum atomic E-state index is 14.8. The van der Waals surface area contributed by atoms with Gasteiger partial charge in [-0.15, -0.1) is 0 Å². The third-order valence-electron chi connectivity index (χ3n) is 18.4. The number of ketones is 1. The van der Waals surface area contributed by atoms with Crippen molar-refractivity contribution in [1.29, 1.82) is 0 Å². The molecule has 0 spiro atoms. The van der Waals surface area contributed by atoms with Crippen LogP contribution < -0.4 is 0 Å². The average molecular weight is 1070 g/mol. The Kier molecular flexibility index (Phi) is 68.6. The molecule has 0 aromatic heterocycles. The summed E-state index contributed by atoms with van der Waals surface area (Å²) >= 11 is 0. The number of carbonyl (C=O) groups is 1. The van der Waals surface area contributed by atoms with Crippen LogP contribution in [0.2, 0.25) is 0 Å². The van der Waals surface area contributed by atoms with E-state index < -0.39 is 0 Å². The Labute approximate surface area is 484 Å². The van der Waals surface area contributed by atoms with Crippen LogP contribution >= 0.6 is 0 Å². The van der Waals surface area contributed by atoms with E-state index in [4.69, 9.17) is 0 Å². The van der Waals surface area contributed by atoms with Gasteiger partial charge in [-0.1, -0.05) is 439 Å². The van der Waals surface area contributed by atoms with Gasteiger partial charge in [0.15, 0.2) is 0 Å². The SMILES string of the molecule is CCCCCCCCCCCCCCCCCCCCCCC(CCCCCCCCCCCCCC)C(=O)C(CCCCCCCCCCCCCC)CCCCCCCCCCCCCCCCCCCCCC. The van der Waals surface area contributed by atoms with Crippen molar-refractivity contribution in [2.45, 2.75) is 464 Å². The third-order valence-corrected chi connectivity index (χ3v) is 18.4. The highest BCUT2D eigenvalue weighted by atomic mass is 16.1. The molecule has 0 radical (unpaired) electrons. The Morgan fingerprint density at radius 2 is 0.250 bits per heavy atom. The second-order valence-electron chi connectivity index (χ2n) is 26.2. The van der Waals surface area contributed by atoms with Crippen LogP contribution in [0.3, 0.4) is 0 Å². The minimum atomic E-state index is 0.339. The monoisotopic (exact) mass is 1070 g/mol. The lowest BCUT2D eigenvalue weighted by Gasteiger charge is -2.23. The van der Waals surface area contributed by atoms with Gasteiger partial charge in [-0.2, -0.15) is 0 Å². The molecule has 456 valence electrons. The highest BCUT2D eigenvalue weighted by Crippen LogP contribution is 2.30. The van der Waals surface area contributed by atoms with E-state index in [1.807, 2.05) is 0 Å². The molecule has 0 aromatic rings. The van der Waals surface area contributed by atoms with Crippen molar-refractivity contribution >= 4 is 5.78 Å². The summed E-state index contributed by atoms with van der Waals surface area (Å²) in [6.45, 7) is 9.28. The maximum Gasteiger partial charge on any atom is 0.139 e. The first kappa shape index (κ1) is 75.7. The van der Waals surface area contributed by atoms with Crippen LogP contribution in [0.1, 0.15) is 464 Å². The second kappa shape index (κ2) is 68.9. The molecule has 2 unspecified atom stereocenters. The normalized spacial score (nSPS) is 12.6. The van der Waals surface area contributed by atoms with E-state index in [1.54, 1.807) is 0 Å². The molecule has 1 heteroatoms. The molecule has 2 atom stereocenters. The number of hydrogen-bond donors (Lipinski definition) is 0. The Bertz CT molecular complexity index is 937. The summed E-state index contributed by atoms with van der Waals surface area (Å²) in [5.41, 5.74) is 0. The number of unbranched alkanes of at least 4 members (excludes halogenated alkanes) is 60. The zero-order valence-electron chi connectivity index (χ0n) is 54.1. The van der Waals surface area contributed by atoms with Gasteiger partial charge in [0.1, 0.15) is 5.78 Å². The lowest BCUT2D eigenvalue weighted by Crippen LogP contribution is -2.24. The van der Waals surface area contributed by atoms with Crippen LogP contribution in [0.25, 0.3) is 0 Å². The summed E-state index contributed by atoms with van der Waals surface area (Å²) in [6.07, 6.45) is 95.9. The molecule has 0 bridgehead atoms. The Morgan fingerprint density at radius 3 is 0.355 bits per heavy atom. The van der Waals surface area contributed by atoms with Crippen molar-refractivity contribution in [2.75, 3.05) is 0 Å². The van der Waals surface area contributed by atoms with Crippen LogP contribution in [0.4, 0.5) is 0 Å². The molecule has 0 fully saturated rings. The molecule has 0 saturated heterocycles. The quantitative estimate of drug-likeness (QED) is 0.0555. The molecule has 0 heterocycles. The lowest BCUT2D eigenvalue weighted by atomic mass is 9.80. The lowest BCUT2D eigenvalue weighted by molar-refractivity contribution is -0.128. The number of hydrogen-bond acceptors (Lipinski definition) is 1. The van der Waals surface area contributed by atoms with Crippen LogP contribution in [0.15, 0.2) is 0 Å². The van der Waals surface area contributed by atoms with Gasteiger partial charge in [-0.3, -0.25) is 4.79 Å². The predicted octanol–water partition coefficient (Wildman–Crippen LogP) is 28.4. The molecule has 0 aliphatic heterocycles. The van der Waals surface area contributed by atoms with Crippen molar-refractivity contribution < 1.29 is 4.79 Å². The van der Waals surface area contributed by atoms with Gasteiger partial charge in [0, 0.05) is 11.8 Å². The van der Waals surface area contributed by atoms with Crippen LogP contribution in [-0.2, 0) is 4.79 Å². The molecule has 0 rings (SSSR count). The fourth-order valence-corrected chi connectivity index (χ4v) is 12.9. The highest BCUT2D eigenvalue weighted by molar-refractivity contribution is 5.83. The largest absolute Gasteiger partial charge is 0.299 e. The molecule has 0 amide bonds. The van der Waals surface area contributed by atoms with E-state index in [-0.39, 0.29) is 0 Å². The summed E-state index contributed by atoms with van der Waals surface area (Å²) in [7, 11) is 0. The molecule has 76 heavy (non-hydrogen) atoms. The second-order valence-corrected chi connectivity index (χ2v) is 26.2. The van der Waals surface area contributed by atoms with E-state index in [1.165, 1.54) is 437 Å². The first-order valence-electron chi connectivity index (χ1n) is 37.2. The first-order valence-corrected chi connectivity index (χ1v) is 37.2. The summed E-state index contributed by atoms with van der Waals surface area (Å²) in [5, 5.41) is 0. The van der Waals surface area contributed by atoms with Crippen molar-refractivity contribution in [1.82, 2.24) is 0 Å². The van der Waals surface area contributed by atoms with Crippen LogP contribution in [0, 0.1) is 11.8 Å². The van der Waals surface area contributed by atoms with E-state index in [2.05, 4.69) is 27.7 Å². The molecule has 0 N–H and O–H groups in total. The van der Waals surface area contributed by atoms with Crippen molar-refractivity contribution in [3.05, 3.63) is 0 Å². The fourth-order valence-electron chi connectivity index (χ4n) is 12.9. The van der Waals surface area contributed by atoms with E-state index in [0.29, 0.717) is 11.8 Å². The molecular formula is C75H150O. The summed E-state index contributed by atoms with van der Waals surface area (Å²) in [4.78, 5) is 14.8. The zero-order chi connectivity index (χ0) is 54.8. The summed E-state index contributed by atoms with van der Waals surface area (Å²) in [5.74, 6) is 1.40. The van der Waals surface area contributed by atoms with Gasteiger partial charge in [0.05, 0.1) is 0 Å². The van der Waals surface area contributed by atoms with Gasteiger partial charge in [0.2, 0.25) is 0 Å².